The molecule has 4 aromatic rings. The van der Waals surface area contributed by atoms with E-state index >= 15 is 0 Å². The molecular formula is C20H19N5O2. The van der Waals surface area contributed by atoms with Crippen molar-refractivity contribution >= 4 is 16.6 Å². The van der Waals surface area contributed by atoms with Gasteiger partial charge in [-0.25, -0.2) is 9.67 Å². The van der Waals surface area contributed by atoms with Gasteiger partial charge in [-0.1, -0.05) is 17.3 Å². The monoisotopic (exact) mass is 361 g/mol. The first-order chi connectivity index (χ1) is 13.2. The third-order valence-corrected chi connectivity index (χ3v) is 4.11. The van der Waals surface area contributed by atoms with Crippen molar-refractivity contribution in [2.75, 3.05) is 26.1 Å². The molecule has 27 heavy (non-hydrogen) atoms. The fourth-order valence-electron chi connectivity index (χ4n) is 2.75. The van der Waals surface area contributed by atoms with E-state index in [0.717, 1.165) is 28.0 Å². The molecule has 0 aliphatic heterocycles. The van der Waals surface area contributed by atoms with Crippen molar-refractivity contribution in [3.63, 3.8) is 0 Å². The number of hydrogen-bond donors (Lipinski definition) is 1. The van der Waals surface area contributed by atoms with Crippen LogP contribution in [0.1, 0.15) is 0 Å². The number of hydrogen-bond acceptors (Lipinski definition) is 6. The molecule has 0 saturated carbocycles. The fraction of sp³-hybridized carbons (Fsp3) is 0.150. The number of methoxy groups -OCH3 is 1. The highest BCUT2D eigenvalue weighted by molar-refractivity contribution is 5.82. The number of anilines is 1. The van der Waals surface area contributed by atoms with E-state index in [-0.39, 0.29) is 0 Å². The van der Waals surface area contributed by atoms with Crippen LogP contribution in [0.2, 0.25) is 0 Å². The number of pyridine rings is 1. The number of ether oxygens (including phenoxy) is 2. The zero-order valence-electron chi connectivity index (χ0n) is 14.9. The molecule has 0 aliphatic rings. The molecule has 0 spiro atoms. The SMILES string of the molecule is COCCOc1ccc2nc(-c3cn(-c4cccc(N)c4)nn3)ccc2c1. The molecule has 2 aromatic heterocycles. The zero-order valence-corrected chi connectivity index (χ0v) is 14.9. The second-order valence-corrected chi connectivity index (χ2v) is 6.04. The smallest absolute Gasteiger partial charge is 0.131 e. The average molecular weight is 361 g/mol. The summed E-state index contributed by atoms with van der Waals surface area (Å²) in [5.74, 6) is 0.793. The molecule has 2 N–H and O–H groups in total. The highest BCUT2D eigenvalue weighted by atomic mass is 16.5. The lowest BCUT2D eigenvalue weighted by Gasteiger charge is -2.07. The Balaban J connectivity index is 1.60. The van der Waals surface area contributed by atoms with E-state index in [4.69, 9.17) is 15.2 Å². The van der Waals surface area contributed by atoms with Gasteiger partial charge in [0.15, 0.2) is 0 Å². The lowest BCUT2D eigenvalue weighted by molar-refractivity contribution is 0.146. The Kier molecular flexibility index (Phi) is 4.67. The summed E-state index contributed by atoms with van der Waals surface area (Å²) in [4.78, 5) is 4.69. The number of nitrogen functional groups attached to an aromatic ring is 1. The molecule has 7 nitrogen and oxygen atoms in total. The zero-order chi connectivity index (χ0) is 18.6. The first-order valence-corrected chi connectivity index (χ1v) is 8.54. The van der Waals surface area contributed by atoms with Crippen LogP contribution in [-0.4, -0.2) is 40.3 Å². The Bertz CT molecular complexity index is 1080. The lowest BCUT2D eigenvalue weighted by Crippen LogP contribution is -2.04. The Morgan fingerprint density at radius 1 is 1.00 bits per heavy atom. The summed E-state index contributed by atoms with van der Waals surface area (Å²) >= 11 is 0. The number of rotatable bonds is 6. The van der Waals surface area contributed by atoms with Gasteiger partial charge in [0.1, 0.15) is 18.1 Å². The molecule has 2 heterocycles. The summed E-state index contributed by atoms with van der Waals surface area (Å²) in [5.41, 5.74) is 9.68. The van der Waals surface area contributed by atoms with Gasteiger partial charge in [-0.05, 0) is 42.5 Å². The maximum Gasteiger partial charge on any atom is 0.131 e. The third kappa shape index (κ3) is 3.73. The van der Waals surface area contributed by atoms with Crippen LogP contribution in [0, 0.1) is 0 Å². The van der Waals surface area contributed by atoms with E-state index in [2.05, 4.69) is 15.3 Å². The van der Waals surface area contributed by atoms with E-state index < -0.39 is 0 Å². The summed E-state index contributed by atoms with van der Waals surface area (Å²) in [7, 11) is 1.65. The number of aromatic nitrogens is 4. The van der Waals surface area contributed by atoms with Gasteiger partial charge in [-0.2, -0.15) is 0 Å². The van der Waals surface area contributed by atoms with Crippen LogP contribution in [0.25, 0.3) is 28.0 Å². The van der Waals surface area contributed by atoms with Gasteiger partial charge in [0.25, 0.3) is 0 Å². The van der Waals surface area contributed by atoms with Crippen LogP contribution in [-0.2, 0) is 4.74 Å². The molecule has 0 amide bonds. The molecule has 0 radical (unpaired) electrons. The van der Waals surface area contributed by atoms with Gasteiger partial charge in [-0.3, -0.25) is 0 Å². The summed E-state index contributed by atoms with van der Waals surface area (Å²) in [6.07, 6.45) is 1.84. The molecule has 2 aromatic carbocycles. The van der Waals surface area contributed by atoms with Crippen molar-refractivity contribution < 1.29 is 9.47 Å². The minimum atomic E-state index is 0.515. The second-order valence-electron chi connectivity index (χ2n) is 6.04. The Hall–Kier alpha value is -3.45. The number of fused-ring (bicyclic) bond motifs is 1. The molecule has 0 saturated heterocycles. The van der Waals surface area contributed by atoms with Crippen LogP contribution in [0.15, 0.2) is 60.8 Å². The van der Waals surface area contributed by atoms with E-state index in [1.54, 1.807) is 11.8 Å². The highest BCUT2D eigenvalue weighted by Crippen LogP contribution is 2.23. The highest BCUT2D eigenvalue weighted by Gasteiger charge is 2.08. The maximum atomic E-state index is 5.84. The van der Waals surface area contributed by atoms with Crippen molar-refractivity contribution in [3.8, 4) is 22.8 Å². The van der Waals surface area contributed by atoms with Crippen LogP contribution in [0.3, 0.4) is 0 Å². The normalized spacial score (nSPS) is 11.0. The van der Waals surface area contributed by atoms with Crippen molar-refractivity contribution in [3.05, 3.63) is 60.8 Å². The number of benzene rings is 2. The first kappa shape index (κ1) is 17.0. The molecule has 0 unspecified atom stereocenters. The molecule has 0 aliphatic carbocycles. The Morgan fingerprint density at radius 2 is 1.93 bits per heavy atom. The standard InChI is InChI=1S/C20H19N5O2/c1-26-9-10-27-17-6-8-18-14(11-17)5-7-19(22-18)20-13-25(24-23-20)16-4-2-3-15(21)12-16/h2-8,11-13H,9-10,21H2,1H3. The molecule has 4 rings (SSSR count). The fourth-order valence-corrected chi connectivity index (χ4v) is 2.75. The Morgan fingerprint density at radius 3 is 2.78 bits per heavy atom. The summed E-state index contributed by atoms with van der Waals surface area (Å²) in [5, 5.41) is 9.41. The second kappa shape index (κ2) is 7.43. The third-order valence-electron chi connectivity index (χ3n) is 4.11. The van der Waals surface area contributed by atoms with Crippen molar-refractivity contribution in [2.45, 2.75) is 0 Å². The minimum absolute atomic E-state index is 0.515. The summed E-state index contributed by atoms with van der Waals surface area (Å²) in [6, 6.07) is 17.2. The summed E-state index contributed by atoms with van der Waals surface area (Å²) < 4.78 is 12.3. The molecule has 0 atom stereocenters. The van der Waals surface area contributed by atoms with Crippen LogP contribution in [0.4, 0.5) is 5.69 Å². The van der Waals surface area contributed by atoms with E-state index in [1.807, 2.05) is 60.8 Å². The quantitative estimate of drug-likeness (QED) is 0.419. The first-order valence-electron chi connectivity index (χ1n) is 8.54. The minimum Gasteiger partial charge on any atom is -0.491 e. The van der Waals surface area contributed by atoms with Crippen molar-refractivity contribution in [1.82, 2.24) is 20.0 Å². The van der Waals surface area contributed by atoms with Gasteiger partial charge in [0, 0.05) is 18.2 Å². The van der Waals surface area contributed by atoms with Crippen molar-refractivity contribution in [1.29, 1.82) is 0 Å². The molecule has 7 heteroatoms. The average Bonchev–Trinajstić information content (AvgIpc) is 3.18. The maximum absolute atomic E-state index is 5.84. The lowest BCUT2D eigenvalue weighted by atomic mass is 10.2. The van der Waals surface area contributed by atoms with Crippen LogP contribution < -0.4 is 10.5 Å². The summed E-state index contributed by atoms with van der Waals surface area (Å²) in [6.45, 7) is 1.07. The van der Waals surface area contributed by atoms with Gasteiger partial charge in [0.2, 0.25) is 0 Å². The van der Waals surface area contributed by atoms with E-state index in [0.29, 0.717) is 24.6 Å². The molecule has 0 bridgehead atoms. The van der Waals surface area contributed by atoms with Crippen LogP contribution in [0.5, 0.6) is 5.75 Å². The predicted octanol–water partition coefficient (Wildman–Crippen LogP) is 3.09. The Labute approximate surface area is 156 Å². The van der Waals surface area contributed by atoms with Crippen molar-refractivity contribution in [2.24, 2.45) is 0 Å². The van der Waals surface area contributed by atoms with Gasteiger partial charge >= 0.3 is 0 Å². The van der Waals surface area contributed by atoms with Gasteiger partial charge < -0.3 is 15.2 Å². The van der Waals surface area contributed by atoms with E-state index in [9.17, 15) is 0 Å². The van der Waals surface area contributed by atoms with Crippen LogP contribution >= 0.6 is 0 Å². The molecule has 0 fully saturated rings. The number of nitrogens with two attached hydrogens (primary N) is 1. The molecule has 136 valence electrons. The largest absolute Gasteiger partial charge is 0.491 e. The number of nitrogens with zero attached hydrogens (tertiary/aromatic N) is 4. The van der Waals surface area contributed by atoms with E-state index in [1.165, 1.54) is 0 Å². The molecular weight excluding hydrogens is 342 g/mol. The topological polar surface area (TPSA) is 88.1 Å². The van der Waals surface area contributed by atoms with Gasteiger partial charge in [0.05, 0.1) is 29.7 Å². The predicted molar refractivity (Wildman–Crippen MR) is 104 cm³/mol. The van der Waals surface area contributed by atoms with Gasteiger partial charge in [-0.15, -0.1) is 5.10 Å².